The molecule has 1 aromatic rings. The molecule has 3 nitrogen and oxygen atoms in total. The summed E-state index contributed by atoms with van der Waals surface area (Å²) in [5.74, 6) is 0.122. The molecule has 1 aromatic carbocycles. The van der Waals surface area contributed by atoms with Gasteiger partial charge in [-0.3, -0.25) is 9.59 Å². The summed E-state index contributed by atoms with van der Waals surface area (Å²) >= 11 is 0. The van der Waals surface area contributed by atoms with Gasteiger partial charge in [0, 0.05) is 12.5 Å². The molecule has 0 unspecified atom stereocenters. The molecule has 14 heavy (non-hydrogen) atoms. The SMILES string of the molecule is CC(=O)Oc1ccc(C(C)=O)c(C)c1. The van der Waals surface area contributed by atoms with Crippen molar-refractivity contribution in [3.63, 3.8) is 0 Å². The lowest BCUT2D eigenvalue weighted by Crippen LogP contribution is -2.03. The van der Waals surface area contributed by atoms with Crippen LogP contribution in [-0.2, 0) is 4.79 Å². The number of esters is 1. The number of aryl methyl sites for hydroxylation is 1. The van der Waals surface area contributed by atoms with E-state index in [0.717, 1.165) is 5.56 Å². The van der Waals surface area contributed by atoms with Crippen molar-refractivity contribution in [1.82, 2.24) is 0 Å². The third-order valence-electron chi connectivity index (χ3n) is 1.84. The first-order valence-corrected chi connectivity index (χ1v) is 4.30. The normalized spacial score (nSPS) is 9.64. The number of ketones is 1. The Morgan fingerprint density at radius 2 is 1.86 bits per heavy atom. The maximum atomic E-state index is 11.1. The molecule has 0 saturated carbocycles. The summed E-state index contributed by atoms with van der Waals surface area (Å²) in [5, 5.41) is 0. The summed E-state index contributed by atoms with van der Waals surface area (Å²) in [5.41, 5.74) is 1.47. The molecule has 0 N–H and O–H groups in total. The highest BCUT2D eigenvalue weighted by molar-refractivity contribution is 5.95. The molecular formula is C11H12O3. The van der Waals surface area contributed by atoms with Crippen molar-refractivity contribution in [3.8, 4) is 5.75 Å². The molecule has 0 saturated heterocycles. The summed E-state index contributed by atoms with van der Waals surface area (Å²) < 4.78 is 4.88. The van der Waals surface area contributed by atoms with E-state index in [1.807, 2.05) is 6.92 Å². The van der Waals surface area contributed by atoms with Crippen LogP contribution in [0.4, 0.5) is 0 Å². The average Bonchev–Trinajstić information content (AvgIpc) is 2.01. The zero-order valence-electron chi connectivity index (χ0n) is 8.46. The molecule has 0 heterocycles. The Labute approximate surface area is 82.7 Å². The molecule has 0 bridgehead atoms. The number of carbonyl (C=O) groups excluding carboxylic acids is 2. The average molecular weight is 192 g/mol. The third kappa shape index (κ3) is 2.42. The van der Waals surface area contributed by atoms with Crippen LogP contribution in [0, 0.1) is 6.92 Å². The third-order valence-corrected chi connectivity index (χ3v) is 1.84. The number of Topliss-reactive ketones (excluding diaryl/α,β-unsaturated/α-hetero) is 1. The van der Waals surface area contributed by atoms with E-state index in [1.165, 1.54) is 13.8 Å². The van der Waals surface area contributed by atoms with Crippen LogP contribution in [0.25, 0.3) is 0 Å². The zero-order chi connectivity index (χ0) is 10.7. The number of hydrogen-bond acceptors (Lipinski definition) is 3. The topological polar surface area (TPSA) is 43.4 Å². The highest BCUT2D eigenvalue weighted by Crippen LogP contribution is 2.17. The van der Waals surface area contributed by atoms with Crippen molar-refractivity contribution >= 4 is 11.8 Å². The second kappa shape index (κ2) is 4.05. The van der Waals surface area contributed by atoms with Crippen molar-refractivity contribution in [2.75, 3.05) is 0 Å². The van der Waals surface area contributed by atoms with E-state index in [2.05, 4.69) is 0 Å². The van der Waals surface area contributed by atoms with Gasteiger partial charge in [-0.2, -0.15) is 0 Å². The second-order valence-electron chi connectivity index (χ2n) is 3.13. The monoisotopic (exact) mass is 192 g/mol. The summed E-state index contributed by atoms with van der Waals surface area (Å²) in [6.45, 7) is 4.66. The van der Waals surface area contributed by atoms with Gasteiger partial charge in [-0.1, -0.05) is 0 Å². The van der Waals surface area contributed by atoms with Crippen molar-refractivity contribution in [2.45, 2.75) is 20.8 Å². The van der Waals surface area contributed by atoms with Gasteiger partial charge in [0.15, 0.2) is 5.78 Å². The lowest BCUT2D eigenvalue weighted by Gasteiger charge is -2.05. The van der Waals surface area contributed by atoms with Gasteiger partial charge in [-0.25, -0.2) is 0 Å². The maximum absolute atomic E-state index is 11.1. The first kappa shape index (κ1) is 10.4. The lowest BCUT2D eigenvalue weighted by atomic mass is 10.1. The fraction of sp³-hybridized carbons (Fsp3) is 0.273. The first-order valence-electron chi connectivity index (χ1n) is 4.30. The summed E-state index contributed by atoms with van der Waals surface area (Å²) in [4.78, 5) is 21.7. The van der Waals surface area contributed by atoms with Gasteiger partial charge in [0.05, 0.1) is 0 Å². The molecule has 0 atom stereocenters. The van der Waals surface area contributed by atoms with Gasteiger partial charge in [-0.05, 0) is 37.6 Å². The number of ether oxygens (including phenoxy) is 1. The van der Waals surface area contributed by atoms with E-state index in [4.69, 9.17) is 4.74 Å². The first-order chi connectivity index (χ1) is 6.50. The van der Waals surface area contributed by atoms with Gasteiger partial charge >= 0.3 is 5.97 Å². The van der Waals surface area contributed by atoms with E-state index in [9.17, 15) is 9.59 Å². The largest absolute Gasteiger partial charge is 0.427 e. The predicted molar refractivity (Wildman–Crippen MR) is 52.5 cm³/mol. The summed E-state index contributed by atoms with van der Waals surface area (Å²) in [7, 11) is 0. The van der Waals surface area contributed by atoms with Gasteiger partial charge < -0.3 is 4.74 Å². The minimum atomic E-state index is -0.361. The molecular weight excluding hydrogens is 180 g/mol. The standard InChI is InChI=1S/C11H12O3/c1-7-6-10(14-9(3)13)4-5-11(7)8(2)12/h4-6H,1-3H3. The Balaban J connectivity index is 3.00. The fourth-order valence-corrected chi connectivity index (χ4v) is 1.26. The van der Waals surface area contributed by atoms with Crippen LogP contribution in [0.1, 0.15) is 29.8 Å². The fourth-order valence-electron chi connectivity index (χ4n) is 1.26. The van der Waals surface area contributed by atoms with Crippen LogP contribution < -0.4 is 4.74 Å². The van der Waals surface area contributed by atoms with Crippen LogP contribution in [0.2, 0.25) is 0 Å². The van der Waals surface area contributed by atoms with Crippen LogP contribution in [0.15, 0.2) is 18.2 Å². The van der Waals surface area contributed by atoms with Gasteiger partial charge in [0.25, 0.3) is 0 Å². The molecule has 0 spiro atoms. The summed E-state index contributed by atoms with van der Waals surface area (Å²) in [6.07, 6.45) is 0. The number of rotatable bonds is 2. The molecule has 0 aliphatic heterocycles. The maximum Gasteiger partial charge on any atom is 0.308 e. The Morgan fingerprint density at radius 3 is 2.29 bits per heavy atom. The molecule has 0 aromatic heterocycles. The van der Waals surface area contributed by atoms with E-state index in [1.54, 1.807) is 18.2 Å². The zero-order valence-corrected chi connectivity index (χ0v) is 8.46. The minimum absolute atomic E-state index is 0.0110. The van der Waals surface area contributed by atoms with E-state index >= 15 is 0 Å². The number of carbonyl (C=O) groups is 2. The predicted octanol–water partition coefficient (Wildman–Crippen LogP) is 2.12. The molecule has 0 radical (unpaired) electrons. The van der Waals surface area contributed by atoms with Crippen molar-refractivity contribution < 1.29 is 14.3 Å². The van der Waals surface area contributed by atoms with Gasteiger partial charge in [0.2, 0.25) is 0 Å². The van der Waals surface area contributed by atoms with Crippen LogP contribution in [-0.4, -0.2) is 11.8 Å². The van der Waals surface area contributed by atoms with Gasteiger partial charge in [0.1, 0.15) is 5.75 Å². The Hall–Kier alpha value is -1.64. The Kier molecular flexibility index (Phi) is 3.02. The Bertz CT molecular complexity index is 380. The molecule has 1 rings (SSSR count). The quantitative estimate of drug-likeness (QED) is 0.409. The molecule has 0 aliphatic carbocycles. The highest BCUT2D eigenvalue weighted by Gasteiger charge is 2.05. The van der Waals surface area contributed by atoms with Crippen LogP contribution >= 0.6 is 0 Å². The number of benzene rings is 1. The van der Waals surface area contributed by atoms with Gasteiger partial charge in [-0.15, -0.1) is 0 Å². The number of hydrogen-bond donors (Lipinski definition) is 0. The minimum Gasteiger partial charge on any atom is -0.427 e. The van der Waals surface area contributed by atoms with Crippen LogP contribution in [0.5, 0.6) is 5.75 Å². The molecule has 0 fully saturated rings. The molecule has 0 aliphatic rings. The lowest BCUT2D eigenvalue weighted by molar-refractivity contribution is -0.131. The molecule has 3 heteroatoms. The van der Waals surface area contributed by atoms with Crippen molar-refractivity contribution in [2.24, 2.45) is 0 Å². The van der Waals surface area contributed by atoms with Crippen LogP contribution in [0.3, 0.4) is 0 Å². The molecule has 74 valence electrons. The molecule has 0 amide bonds. The van der Waals surface area contributed by atoms with E-state index in [-0.39, 0.29) is 11.8 Å². The van der Waals surface area contributed by atoms with E-state index < -0.39 is 0 Å². The Morgan fingerprint density at radius 1 is 1.21 bits per heavy atom. The van der Waals surface area contributed by atoms with Crippen molar-refractivity contribution in [3.05, 3.63) is 29.3 Å². The summed E-state index contributed by atoms with van der Waals surface area (Å²) in [6, 6.07) is 4.96. The smallest absolute Gasteiger partial charge is 0.308 e. The highest BCUT2D eigenvalue weighted by atomic mass is 16.5. The van der Waals surface area contributed by atoms with E-state index in [0.29, 0.717) is 11.3 Å². The van der Waals surface area contributed by atoms with Crippen molar-refractivity contribution in [1.29, 1.82) is 0 Å². The second-order valence-corrected chi connectivity index (χ2v) is 3.13.